The highest BCUT2D eigenvalue weighted by Crippen LogP contribution is 2.29. The smallest absolute Gasteiger partial charge is 0.430 e. The fourth-order valence-electron chi connectivity index (χ4n) is 1.66. The fourth-order valence-corrected chi connectivity index (χ4v) is 1.66. The Morgan fingerprint density at radius 2 is 1.84 bits per heavy atom. The Morgan fingerprint density at radius 1 is 1.16 bits per heavy atom. The first-order chi connectivity index (χ1) is 8.89. The molecule has 2 rings (SSSR count). The van der Waals surface area contributed by atoms with Crippen LogP contribution < -0.4 is 5.32 Å². The summed E-state index contributed by atoms with van der Waals surface area (Å²) in [5, 5.41) is 2.17. The summed E-state index contributed by atoms with van der Waals surface area (Å²) in [4.78, 5) is 0. The summed E-state index contributed by atoms with van der Waals surface area (Å²) in [5.74, 6) is 0. The quantitative estimate of drug-likeness (QED) is 0.860. The van der Waals surface area contributed by atoms with Gasteiger partial charge >= 0.3 is 6.18 Å². The van der Waals surface area contributed by atoms with Crippen LogP contribution in [0, 0.1) is 0 Å². The monoisotopic (exact) mass is 265 g/mol. The number of benzene rings is 1. The van der Waals surface area contributed by atoms with E-state index in [1.165, 1.54) is 18.2 Å². The molecule has 1 heterocycles. The van der Waals surface area contributed by atoms with E-state index < -0.39 is 17.5 Å². The molecule has 1 aliphatic rings. The van der Waals surface area contributed by atoms with Crippen molar-refractivity contribution in [2.75, 3.05) is 0 Å². The van der Waals surface area contributed by atoms with Gasteiger partial charge in [0, 0.05) is 0 Å². The first-order valence-corrected chi connectivity index (χ1v) is 5.63. The molecule has 19 heavy (non-hydrogen) atoms. The molecular formula is C14H12F3N2-. The topological polar surface area (TPSA) is 35.8 Å². The lowest BCUT2D eigenvalue weighted by molar-refractivity contribution is -0.0979. The minimum Gasteiger partial charge on any atom is -0.648 e. The van der Waals surface area contributed by atoms with Crippen LogP contribution in [0.2, 0.25) is 0 Å². The van der Waals surface area contributed by atoms with Crippen LogP contribution in [0.4, 0.5) is 13.2 Å². The Kier molecular flexibility index (Phi) is 3.48. The molecule has 1 aliphatic heterocycles. The molecule has 0 aliphatic carbocycles. The molecule has 0 aromatic heterocycles. The number of allylic oxidation sites excluding steroid dienone is 3. The Balaban J connectivity index is 2.16. The van der Waals surface area contributed by atoms with E-state index in [1.807, 2.05) is 30.3 Å². The van der Waals surface area contributed by atoms with E-state index >= 15 is 0 Å². The predicted octanol–water partition coefficient (Wildman–Crippen LogP) is 4.05. The molecule has 2 N–H and O–H groups in total. The molecule has 1 unspecified atom stereocenters. The van der Waals surface area contributed by atoms with E-state index in [-0.39, 0.29) is 0 Å². The second-order valence-electron chi connectivity index (χ2n) is 4.18. The maximum atomic E-state index is 12.6. The van der Waals surface area contributed by atoms with Crippen LogP contribution in [0.15, 0.2) is 60.3 Å². The highest BCUT2D eigenvalue weighted by molar-refractivity contribution is 5.53. The van der Waals surface area contributed by atoms with Crippen molar-refractivity contribution in [3.05, 3.63) is 71.6 Å². The molecular weight excluding hydrogens is 253 g/mol. The Morgan fingerprint density at radius 3 is 2.47 bits per heavy atom. The van der Waals surface area contributed by atoms with Gasteiger partial charge in [0.1, 0.15) is 5.70 Å². The zero-order valence-electron chi connectivity index (χ0n) is 9.91. The van der Waals surface area contributed by atoms with E-state index in [4.69, 9.17) is 5.73 Å². The zero-order valence-corrected chi connectivity index (χ0v) is 9.91. The average Bonchev–Trinajstić information content (AvgIpc) is 2.37. The van der Waals surface area contributed by atoms with Gasteiger partial charge < -0.3 is 11.1 Å². The summed E-state index contributed by atoms with van der Waals surface area (Å²) in [6.07, 6.45) is 2.05. The third-order valence-electron chi connectivity index (χ3n) is 2.61. The van der Waals surface area contributed by atoms with Crippen LogP contribution in [-0.4, -0.2) is 11.8 Å². The van der Waals surface area contributed by atoms with Crippen LogP contribution in [0.5, 0.6) is 0 Å². The van der Waals surface area contributed by atoms with Gasteiger partial charge in [-0.1, -0.05) is 54.6 Å². The van der Waals surface area contributed by atoms with Gasteiger partial charge in [-0.3, -0.25) is 0 Å². The normalized spacial score (nSPS) is 23.3. The Bertz CT molecular complexity index is 529. The largest absolute Gasteiger partial charge is 0.648 e. The minimum absolute atomic E-state index is 0.826. The minimum atomic E-state index is -4.47. The zero-order chi connectivity index (χ0) is 13.9. The van der Waals surface area contributed by atoms with Crippen molar-refractivity contribution in [2.24, 2.45) is 0 Å². The molecule has 0 amide bonds. The van der Waals surface area contributed by atoms with Crippen LogP contribution >= 0.6 is 0 Å². The first-order valence-electron chi connectivity index (χ1n) is 5.63. The number of nitrogens with one attached hydrogen (secondary N) is 2. The van der Waals surface area contributed by atoms with Gasteiger partial charge in [0.05, 0.1) is 0 Å². The van der Waals surface area contributed by atoms with Crippen molar-refractivity contribution in [2.45, 2.75) is 11.8 Å². The van der Waals surface area contributed by atoms with Gasteiger partial charge in [0.2, 0.25) is 0 Å². The molecule has 0 spiro atoms. The third kappa shape index (κ3) is 3.48. The van der Waals surface area contributed by atoms with Crippen molar-refractivity contribution in [3.8, 4) is 0 Å². The van der Waals surface area contributed by atoms with E-state index in [0.717, 1.165) is 11.6 Å². The second kappa shape index (κ2) is 4.93. The molecule has 5 heteroatoms. The molecule has 0 saturated carbocycles. The van der Waals surface area contributed by atoms with Crippen molar-refractivity contribution in [1.82, 2.24) is 5.32 Å². The highest BCUT2D eigenvalue weighted by Gasteiger charge is 2.36. The van der Waals surface area contributed by atoms with Crippen molar-refractivity contribution >= 4 is 6.08 Å². The van der Waals surface area contributed by atoms with Gasteiger partial charge in [-0.15, -0.1) is 0 Å². The van der Waals surface area contributed by atoms with Crippen LogP contribution in [-0.2, 0) is 0 Å². The number of hydrogen-bond donors (Lipinski definition) is 1. The Hall–Kier alpha value is -2.01. The standard InChI is InChI=1S/C14H12F3N2/c15-14(16,17)12-7-4-9-13(18,19-12)10-8-11-5-2-1-3-6-11/h1-10,18-19H/q-1. The van der Waals surface area contributed by atoms with E-state index in [0.29, 0.717) is 0 Å². The summed E-state index contributed by atoms with van der Waals surface area (Å²) >= 11 is 0. The average molecular weight is 265 g/mol. The summed E-state index contributed by atoms with van der Waals surface area (Å²) in [5.41, 5.74) is 6.28. The molecule has 0 fully saturated rings. The molecule has 0 radical (unpaired) electrons. The lowest BCUT2D eigenvalue weighted by Crippen LogP contribution is -2.43. The van der Waals surface area contributed by atoms with E-state index in [1.54, 1.807) is 6.08 Å². The summed E-state index contributed by atoms with van der Waals surface area (Å²) in [6.45, 7) is 0. The summed E-state index contributed by atoms with van der Waals surface area (Å²) < 4.78 is 37.7. The molecule has 0 bridgehead atoms. The summed E-state index contributed by atoms with van der Waals surface area (Å²) in [6, 6.07) is 9.11. The van der Waals surface area contributed by atoms with Gasteiger partial charge in [-0.05, 0) is 17.3 Å². The molecule has 1 aromatic carbocycles. The third-order valence-corrected chi connectivity index (χ3v) is 2.61. The number of dihydropyridines is 1. The van der Waals surface area contributed by atoms with Crippen molar-refractivity contribution in [3.63, 3.8) is 0 Å². The SMILES string of the molecule is [NH-]C1(C=Cc2ccccc2)C=CC=C(C(F)(F)F)N1. The van der Waals surface area contributed by atoms with Crippen molar-refractivity contribution < 1.29 is 13.2 Å². The molecule has 0 saturated heterocycles. The van der Waals surface area contributed by atoms with Gasteiger partial charge in [0.15, 0.2) is 0 Å². The first kappa shape index (κ1) is 13.4. The lowest BCUT2D eigenvalue weighted by Gasteiger charge is -2.38. The number of rotatable bonds is 2. The molecule has 1 aromatic rings. The number of alkyl halides is 3. The Labute approximate surface area is 109 Å². The van der Waals surface area contributed by atoms with E-state index in [2.05, 4.69) is 5.32 Å². The van der Waals surface area contributed by atoms with Crippen LogP contribution in [0.3, 0.4) is 0 Å². The number of hydrogen-bond acceptors (Lipinski definition) is 1. The van der Waals surface area contributed by atoms with E-state index in [9.17, 15) is 13.2 Å². The molecule has 1 atom stereocenters. The lowest BCUT2D eigenvalue weighted by atomic mass is 10.0. The van der Waals surface area contributed by atoms with Gasteiger partial charge in [0.25, 0.3) is 0 Å². The molecule has 100 valence electrons. The predicted molar refractivity (Wildman–Crippen MR) is 68.9 cm³/mol. The van der Waals surface area contributed by atoms with Gasteiger partial charge in [-0.2, -0.15) is 13.2 Å². The number of halogens is 3. The fraction of sp³-hybridized carbons (Fsp3) is 0.143. The van der Waals surface area contributed by atoms with Gasteiger partial charge in [-0.25, -0.2) is 0 Å². The maximum absolute atomic E-state index is 12.6. The van der Waals surface area contributed by atoms with Crippen LogP contribution in [0.1, 0.15) is 5.56 Å². The molecule has 2 nitrogen and oxygen atoms in total. The highest BCUT2D eigenvalue weighted by atomic mass is 19.4. The van der Waals surface area contributed by atoms with Crippen LogP contribution in [0.25, 0.3) is 11.8 Å². The summed E-state index contributed by atoms with van der Waals surface area (Å²) in [7, 11) is 0. The second-order valence-corrected chi connectivity index (χ2v) is 4.18. The van der Waals surface area contributed by atoms with Crippen molar-refractivity contribution in [1.29, 1.82) is 0 Å². The maximum Gasteiger partial charge on any atom is 0.430 e.